The lowest BCUT2D eigenvalue weighted by Gasteiger charge is -2.13. The number of nitrogens with one attached hydrogen (secondary N) is 2. The summed E-state index contributed by atoms with van der Waals surface area (Å²) in [5, 5.41) is 7.29. The molecule has 0 heterocycles. The Balaban J connectivity index is 1.82. The minimum Gasteiger partial charge on any atom is -0.497 e. The Morgan fingerprint density at radius 3 is 2.48 bits per heavy atom. The molecule has 0 aliphatic heterocycles. The highest BCUT2D eigenvalue weighted by molar-refractivity contribution is 6.31. The van der Waals surface area contributed by atoms with Crippen LogP contribution in [-0.4, -0.2) is 33.8 Å². The van der Waals surface area contributed by atoms with Gasteiger partial charge in [-0.2, -0.15) is 0 Å². The normalized spacial score (nSPS) is 11.1. The summed E-state index contributed by atoms with van der Waals surface area (Å²) in [5.74, 6) is 2.35. The summed E-state index contributed by atoms with van der Waals surface area (Å²) in [4.78, 5) is 4.24. The largest absolute Gasteiger partial charge is 0.497 e. The van der Waals surface area contributed by atoms with Gasteiger partial charge in [-0.25, -0.2) is 0 Å². The number of hydrogen-bond acceptors (Lipinski definition) is 3. The molecule has 0 unspecified atom stereocenters. The molecule has 0 saturated heterocycles. The van der Waals surface area contributed by atoms with Crippen LogP contribution in [0.3, 0.4) is 0 Å². The van der Waals surface area contributed by atoms with Gasteiger partial charge in [0, 0.05) is 25.2 Å². The fourth-order valence-corrected chi connectivity index (χ4v) is 2.63. The standard InChI is InChI=1S/C19H24ClN3O2/c1-21-19(23-13-14-5-4-6-16(11-14)24-2)22-10-9-15-7-8-17(25-3)12-18(15)20/h4-8,11-12H,9-10,13H2,1-3H3,(H2,21,22,23). The molecular weight excluding hydrogens is 338 g/mol. The molecule has 2 aromatic carbocycles. The second-order valence-corrected chi connectivity index (χ2v) is 5.82. The van der Waals surface area contributed by atoms with Gasteiger partial charge in [-0.1, -0.05) is 29.8 Å². The SMILES string of the molecule is CN=C(NCCc1ccc(OC)cc1Cl)NCc1cccc(OC)c1. The monoisotopic (exact) mass is 361 g/mol. The number of methoxy groups -OCH3 is 2. The van der Waals surface area contributed by atoms with E-state index in [4.69, 9.17) is 21.1 Å². The van der Waals surface area contributed by atoms with Crippen molar-refractivity contribution in [1.82, 2.24) is 10.6 Å². The number of guanidine groups is 1. The Labute approximate surface area is 154 Å². The topological polar surface area (TPSA) is 54.9 Å². The summed E-state index contributed by atoms with van der Waals surface area (Å²) >= 11 is 6.26. The van der Waals surface area contributed by atoms with E-state index in [9.17, 15) is 0 Å². The van der Waals surface area contributed by atoms with Crippen molar-refractivity contribution >= 4 is 17.6 Å². The summed E-state index contributed by atoms with van der Waals surface area (Å²) in [5.41, 5.74) is 2.19. The number of aliphatic imine (C=N–C) groups is 1. The molecule has 2 aromatic rings. The molecule has 134 valence electrons. The number of hydrogen-bond donors (Lipinski definition) is 2. The van der Waals surface area contributed by atoms with Crippen LogP contribution in [0.4, 0.5) is 0 Å². The summed E-state index contributed by atoms with van der Waals surface area (Å²) in [7, 11) is 5.05. The lowest BCUT2D eigenvalue weighted by atomic mass is 10.1. The molecule has 6 heteroatoms. The van der Waals surface area contributed by atoms with E-state index in [1.54, 1.807) is 21.3 Å². The fourth-order valence-electron chi connectivity index (χ4n) is 2.36. The van der Waals surface area contributed by atoms with Crippen molar-refractivity contribution in [3.05, 3.63) is 58.6 Å². The van der Waals surface area contributed by atoms with E-state index < -0.39 is 0 Å². The molecule has 0 amide bonds. The Hall–Kier alpha value is -2.40. The Kier molecular flexibility index (Phi) is 7.41. The second kappa shape index (κ2) is 9.79. The molecule has 2 rings (SSSR count). The van der Waals surface area contributed by atoms with E-state index in [1.807, 2.05) is 42.5 Å². The van der Waals surface area contributed by atoms with Crippen LogP contribution in [0.2, 0.25) is 5.02 Å². The van der Waals surface area contributed by atoms with Gasteiger partial charge in [-0.3, -0.25) is 4.99 Å². The Bertz CT molecular complexity index is 720. The van der Waals surface area contributed by atoms with Crippen LogP contribution < -0.4 is 20.1 Å². The molecule has 2 N–H and O–H groups in total. The third-order valence-corrected chi connectivity index (χ3v) is 4.12. The third-order valence-electron chi connectivity index (χ3n) is 3.76. The van der Waals surface area contributed by atoms with Gasteiger partial charge in [0.2, 0.25) is 0 Å². The number of nitrogens with zero attached hydrogens (tertiary/aromatic N) is 1. The van der Waals surface area contributed by atoms with Crippen LogP contribution in [0, 0.1) is 0 Å². The lowest BCUT2D eigenvalue weighted by molar-refractivity contribution is 0.414. The first-order valence-corrected chi connectivity index (χ1v) is 8.44. The van der Waals surface area contributed by atoms with Gasteiger partial charge in [0.15, 0.2) is 5.96 Å². The quantitative estimate of drug-likeness (QED) is 0.587. The van der Waals surface area contributed by atoms with Crippen LogP contribution in [0.1, 0.15) is 11.1 Å². The predicted molar refractivity (Wildman–Crippen MR) is 103 cm³/mol. The average Bonchev–Trinajstić information content (AvgIpc) is 2.65. The molecule has 0 saturated carbocycles. The van der Waals surface area contributed by atoms with E-state index in [-0.39, 0.29) is 0 Å². The molecule has 0 atom stereocenters. The number of halogens is 1. The first-order valence-electron chi connectivity index (χ1n) is 8.06. The third kappa shape index (κ3) is 5.87. The average molecular weight is 362 g/mol. The minimum absolute atomic E-state index is 0.667. The van der Waals surface area contributed by atoms with Gasteiger partial charge in [0.1, 0.15) is 11.5 Å². The highest BCUT2D eigenvalue weighted by Gasteiger charge is 2.04. The van der Waals surface area contributed by atoms with Gasteiger partial charge in [-0.05, 0) is 41.8 Å². The van der Waals surface area contributed by atoms with Crippen molar-refractivity contribution in [2.45, 2.75) is 13.0 Å². The van der Waals surface area contributed by atoms with Crippen LogP contribution in [0.25, 0.3) is 0 Å². The van der Waals surface area contributed by atoms with E-state index in [0.717, 1.165) is 41.6 Å². The smallest absolute Gasteiger partial charge is 0.191 e. The number of benzene rings is 2. The van der Waals surface area contributed by atoms with E-state index in [2.05, 4.69) is 15.6 Å². The Morgan fingerprint density at radius 2 is 1.80 bits per heavy atom. The molecule has 0 bridgehead atoms. The maximum Gasteiger partial charge on any atom is 0.191 e. The number of rotatable bonds is 7. The molecule has 5 nitrogen and oxygen atoms in total. The molecular formula is C19H24ClN3O2. The molecule has 0 aliphatic rings. The van der Waals surface area contributed by atoms with Gasteiger partial charge in [0.05, 0.1) is 14.2 Å². The van der Waals surface area contributed by atoms with Crippen molar-refractivity contribution in [3.63, 3.8) is 0 Å². The molecule has 0 fully saturated rings. The summed E-state index contributed by atoms with van der Waals surface area (Å²) in [6.45, 7) is 1.39. The van der Waals surface area contributed by atoms with Gasteiger partial charge >= 0.3 is 0 Å². The van der Waals surface area contributed by atoms with E-state index >= 15 is 0 Å². The van der Waals surface area contributed by atoms with Crippen molar-refractivity contribution in [2.24, 2.45) is 4.99 Å². The number of ether oxygens (including phenoxy) is 2. The Morgan fingerprint density at radius 1 is 1.04 bits per heavy atom. The zero-order valence-electron chi connectivity index (χ0n) is 14.8. The van der Waals surface area contributed by atoms with Crippen molar-refractivity contribution in [1.29, 1.82) is 0 Å². The predicted octanol–water partition coefficient (Wildman–Crippen LogP) is 3.26. The molecule has 0 aromatic heterocycles. The molecule has 0 spiro atoms. The van der Waals surface area contributed by atoms with Gasteiger partial charge < -0.3 is 20.1 Å². The summed E-state index contributed by atoms with van der Waals surface area (Å²) < 4.78 is 10.4. The van der Waals surface area contributed by atoms with E-state index in [1.165, 1.54) is 0 Å². The molecule has 0 aliphatic carbocycles. The van der Waals surface area contributed by atoms with Crippen molar-refractivity contribution in [2.75, 3.05) is 27.8 Å². The van der Waals surface area contributed by atoms with E-state index in [0.29, 0.717) is 11.6 Å². The zero-order valence-corrected chi connectivity index (χ0v) is 15.6. The summed E-state index contributed by atoms with van der Waals surface area (Å²) in [6.07, 6.45) is 0.794. The highest BCUT2D eigenvalue weighted by atomic mass is 35.5. The fraction of sp³-hybridized carbons (Fsp3) is 0.316. The first kappa shape index (κ1) is 18.9. The lowest BCUT2D eigenvalue weighted by Crippen LogP contribution is -2.37. The maximum absolute atomic E-state index is 6.26. The van der Waals surface area contributed by atoms with Crippen molar-refractivity contribution < 1.29 is 9.47 Å². The van der Waals surface area contributed by atoms with Crippen molar-refractivity contribution in [3.8, 4) is 11.5 Å². The van der Waals surface area contributed by atoms with Crippen LogP contribution >= 0.6 is 11.6 Å². The second-order valence-electron chi connectivity index (χ2n) is 5.41. The van der Waals surface area contributed by atoms with Gasteiger partial charge in [-0.15, -0.1) is 0 Å². The van der Waals surface area contributed by atoms with Crippen LogP contribution in [0.5, 0.6) is 11.5 Å². The zero-order chi connectivity index (χ0) is 18.1. The first-order chi connectivity index (χ1) is 12.2. The molecule has 25 heavy (non-hydrogen) atoms. The highest BCUT2D eigenvalue weighted by Crippen LogP contribution is 2.22. The summed E-state index contributed by atoms with van der Waals surface area (Å²) in [6, 6.07) is 13.7. The van der Waals surface area contributed by atoms with Crippen LogP contribution in [-0.2, 0) is 13.0 Å². The minimum atomic E-state index is 0.667. The van der Waals surface area contributed by atoms with Gasteiger partial charge in [0.25, 0.3) is 0 Å². The maximum atomic E-state index is 6.26. The molecule has 0 radical (unpaired) electrons. The van der Waals surface area contributed by atoms with Crippen LogP contribution in [0.15, 0.2) is 47.5 Å².